The Morgan fingerprint density at radius 1 is 1.18 bits per heavy atom. The summed E-state index contributed by atoms with van der Waals surface area (Å²) >= 11 is 0. The normalized spacial score (nSPS) is 22.8. The molecule has 0 saturated carbocycles. The number of esters is 1. The Hall–Kier alpha value is -2.56. The third-order valence-electron chi connectivity index (χ3n) is 3.90. The molecule has 0 fully saturated rings. The van der Waals surface area contributed by atoms with E-state index in [9.17, 15) is 9.59 Å². The molecular weight excluding hydrogens is 282 g/mol. The minimum absolute atomic E-state index is 0.196. The highest BCUT2D eigenvalue weighted by molar-refractivity contribution is 5.91. The standard InChI is InChI=1S/C17H17NO4/c1-21-16(19)14-9-7-12-8-10-15(14)18(11-12)17(20)22-13-5-3-2-4-6-13/h2-6,8-10,12,15H,7,11H2,1H3/t12-,15-/m1/s1. The van der Waals surface area contributed by atoms with Crippen molar-refractivity contribution in [2.45, 2.75) is 12.5 Å². The molecule has 0 saturated heterocycles. The summed E-state index contributed by atoms with van der Waals surface area (Å²) in [5.74, 6) is 0.275. The summed E-state index contributed by atoms with van der Waals surface area (Å²) in [4.78, 5) is 26.0. The molecule has 0 radical (unpaired) electrons. The average molecular weight is 299 g/mol. The zero-order valence-electron chi connectivity index (χ0n) is 12.3. The van der Waals surface area contributed by atoms with Crippen LogP contribution in [0.3, 0.4) is 0 Å². The number of hydrogen-bond acceptors (Lipinski definition) is 4. The molecule has 2 atom stereocenters. The largest absolute Gasteiger partial charge is 0.466 e. The summed E-state index contributed by atoms with van der Waals surface area (Å²) in [6.45, 7) is 0.532. The van der Waals surface area contributed by atoms with E-state index in [1.54, 1.807) is 29.2 Å². The van der Waals surface area contributed by atoms with Crippen molar-refractivity contribution in [2.24, 2.45) is 5.92 Å². The SMILES string of the molecule is COC(=O)C1=CC[C@@H]2C=C[C@H]1N(C(=O)Oc1ccccc1)C2. The van der Waals surface area contributed by atoms with E-state index >= 15 is 0 Å². The number of methoxy groups -OCH3 is 1. The summed E-state index contributed by atoms with van der Waals surface area (Å²) in [7, 11) is 1.34. The highest BCUT2D eigenvalue weighted by Gasteiger charge is 2.36. The third kappa shape index (κ3) is 2.74. The van der Waals surface area contributed by atoms with Crippen LogP contribution in [0.1, 0.15) is 6.42 Å². The summed E-state index contributed by atoms with van der Waals surface area (Å²) in [5, 5.41) is 0. The van der Waals surface area contributed by atoms with Crippen LogP contribution in [0.15, 0.2) is 54.1 Å². The first-order chi connectivity index (χ1) is 10.7. The number of allylic oxidation sites excluding steroid dienone is 1. The molecular formula is C17H17NO4. The van der Waals surface area contributed by atoms with Crippen LogP contribution in [0.2, 0.25) is 0 Å². The average Bonchev–Trinajstić information content (AvgIpc) is 2.87. The number of carbonyl (C=O) groups excluding carboxylic acids is 2. The van der Waals surface area contributed by atoms with Crippen LogP contribution < -0.4 is 4.74 Å². The Balaban J connectivity index is 1.82. The van der Waals surface area contributed by atoms with Gasteiger partial charge in [0.2, 0.25) is 0 Å². The minimum atomic E-state index is -0.456. The van der Waals surface area contributed by atoms with Gasteiger partial charge in [0.05, 0.1) is 18.7 Å². The van der Waals surface area contributed by atoms with Gasteiger partial charge in [-0.3, -0.25) is 4.90 Å². The van der Waals surface area contributed by atoms with Crippen LogP contribution in [0.5, 0.6) is 5.75 Å². The highest BCUT2D eigenvalue weighted by Crippen LogP contribution is 2.29. The van der Waals surface area contributed by atoms with Gasteiger partial charge in [0.15, 0.2) is 0 Å². The van der Waals surface area contributed by atoms with Crippen LogP contribution in [0, 0.1) is 5.92 Å². The number of amides is 1. The Kier molecular flexibility index (Phi) is 3.96. The van der Waals surface area contributed by atoms with Gasteiger partial charge in [-0.1, -0.05) is 36.4 Å². The quantitative estimate of drug-likeness (QED) is 0.622. The van der Waals surface area contributed by atoms with Gasteiger partial charge in [0.1, 0.15) is 5.75 Å². The van der Waals surface area contributed by atoms with E-state index in [-0.39, 0.29) is 5.92 Å². The predicted octanol–water partition coefficient (Wildman–Crippen LogP) is 2.55. The lowest BCUT2D eigenvalue weighted by molar-refractivity contribution is -0.136. The monoisotopic (exact) mass is 299 g/mol. The molecule has 4 rings (SSSR count). The fourth-order valence-corrected chi connectivity index (χ4v) is 2.78. The van der Waals surface area contributed by atoms with Gasteiger partial charge >= 0.3 is 12.1 Å². The molecule has 0 N–H and O–H groups in total. The Morgan fingerprint density at radius 3 is 2.68 bits per heavy atom. The predicted molar refractivity (Wildman–Crippen MR) is 80.3 cm³/mol. The molecule has 5 nitrogen and oxygen atoms in total. The van der Waals surface area contributed by atoms with Crippen LogP contribution in [-0.4, -0.2) is 36.7 Å². The molecule has 0 unspecified atom stereocenters. The Morgan fingerprint density at radius 2 is 1.95 bits per heavy atom. The van der Waals surface area contributed by atoms with E-state index in [0.29, 0.717) is 24.3 Å². The summed E-state index contributed by atoms with van der Waals surface area (Å²) in [6, 6.07) is 8.48. The number of para-hydroxylation sites is 1. The van der Waals surface area contributed by atoms with E-state index in [1.165, 1.54) is 7.11 Å². The van der Waals surface area contributed by atoms with E-state index in [2.05, 4.69) is 0 Å². The highest BCUT2D eigenvalue weighted by atomic mass is 16.6. The van der Waals surface area contributed by atoms with Crippen molar-refractivity contribution >= 4 is 12.1 Å². The van der Waals surface area contributed by atoms with Crippen LogP contribution in [0.4, 0.5) is 4.79 Å². The van der Waals surface area contributed by atoms with E-state index in [0.717, 1.165) is 0 Å². The van der Waals surface area contributed by atoms with Gasteiger partial charge in [0.25, 0.3) is 0 Å². The van der Waals surface area contributed by atoms with Crippen LogP contribution in [0.25, 0.3) is 0 Å². The third-order valence-corrected chi connectivity index (χ3v) is 3.90. The summed E-state index contributed by atoms with van der Waals surface area (Å²) in [6.07, 6.45) is 6.03. The molecule has 1 aromatic rings. The molecule has 114 valence electrons. The number of nitrogens with zero attached hydrogens (tertiary/aromatic N) is 1. The molecule has 1 aliphatic carbocycles. The molecule has 2 bridgehead atoms. The van der Waals surface area contributed by atoms with Gasteiger partial charge < -0.3 is 9.47 Å². The number of benzene rings is 1. The molecule has 3 aliphatic rings. The number of ether oxygens (including phenoxy) is 2. The van der Waals surface area contributed by atoms with E-state index in [4.69, 9.17) is 9.47 Å². The molecule has 22 heavy (non-hydrogen) atoms. The lowest BCUT2D eigenvalue weighted by Crippen LogP contribution is -2.46. The number of rotatable bonds is 2. The molecule has 0 aromatic heterocycles. The fourth-order valence-electron chi connectivity index (χ4n) is 2.78. The zero-order chi connectivity index (χ0) is 15.5. The molecule has 0 spiro atoms. The van der Waals surface area contributed by atoms with E-state index in [1.807, 2.05) is 24.3 Å². The van der Waals surface area contributed by atoms with Crippen molar-refractivity contribution in [1.82, 2.24) is 4.90 Å². The number of carbonyl (C=O) groups is 2. The summed E-state index contributed by atoms with van der Waals surface area (Å²) < 4.78 is 10.2. The second-order valence-corrected chi connectivity index (χ2v) is 5.31. The smallest absolute Gasteiger partial charge is 0.416 e. The van der Waals surface area contributed by atoms with Crippen molar-refractivity contribution < 1.29 is 19.1 Å². The number of fused-ring (bicyclic) bond motifs is 2. The van der Waals surface area contributed by atoms with Crippen molar-refractivity contribution in [3.63, 3.8) is 0 Å². The van der Waals surface area contributed by atoms with Crippen molar-refractivity contribution in [3.8, 4) is 5.75 Å². The maximum absolute atomic E-state index is 12.5. The topological polar surface area (TPSA) is 55.8 Å². The van der Waals surface area contributed by atoms with Gasteiger partial charge in [-0.15, -0.1) is 0 Å². The van der Waals surface area contributed by atoms with Gasteiger partial charge in [-0.05, 0) is 24.5 Å². The lowest BCUT2D eigenvalue weighted by Gasteiger charge is -2.32. The maximum atomic E-state index is 12.5. The second-order valence-electron chi connectivity index (χ2n) is 5.31. The molecule has 1 amide bonds. The number of hydrogen-bond donors (Lipinski definition) is 0. The first-order valence-electron chi connectivity index (χ1n) is 7.19. The van der Waals surface area contributed by atoms with Crippen molar-refractivity contribution in [3.05, 3.63) is 54.1 Å². The minimum Gasteiger partial charge on any atom is -0.466 e. The van der Waals surface area contributed by atoms with Gasteiger partial charge in [0, 0.05) is 6.54 Å². The van der Waals surface area contributed by atoms with Crippen LogP contribution >= 0.6 is 0 Å². The molecule has 2 aliphatic heterocycles. The first kappa shape index (κ1) is 14.4. The molecule has 2 heterocycles. The van der Waals surface area contributed by atoms with Gasteiger partial charge in [-0.25, -0.2) is 9.59 Å². The molecule has 5 heteroatoms. The lowest BCUT2D eigenvalue weighted by atomic mass is 10.0. The Bertz CT molecular complexity index is 635. The maximum Gasteiger partial charge on any atom is 0.416 e. The van der Waals surface area contributed by atoms with Crippen LogP contribution in [-0.2, 0) is 9.53 Å². The van der Waals surface area contributed by atoms with Crippen molar-refractivity contribution in [1.29, 1.82) is 0 Å². The molecule has 1 aromatic carbocycles. The zero-order valence-corrected chi connectivity index (χ0v) is 12.3. The Labute approximate surface area is 128 Å². The second kappa shape index (κ2) is 6.05. The van der Waals surface area contributed by atoms with Gasteiger partial charge in [-0.2, -0.15) is 0 Å². The summed E-state index contributed by atoms with van der Waals surface area (Å²) in [5.41, 5.74) is 0.490. The van der Waals surface area contributed by atoms with Crippen molar-refractivity contribution in [2.75, 3.05) is 13.7 Å². The van der Waals surface area contributed by atoms with E-state index < -0.39 is 18.1 Å². The first-order valence-corrected chi connectivity index (χ1v) is 7.19. The fraction of sp³-hybridized carbons (Fsp3) is 0.294.